The summed E-state index contributed by atoms with van der Waals surface area (Å²) in [5.74, 6) is 0.216. The second-order valence-corrected chi connectivity index (χ2v) is 4.33. The van der Waals surface area contributed by atoms with Crippen LogP contribution in [0.15, 0.2) is 4.52 Å². The molecule has 1 fully saturated rings. The summed E-state index contributed by atoms with van der Waals surface area (Å²) in [6.45, 7) is 5.30. The molecule has 1 saturated heterocycles. The van der Waals surface area contributed by atoms with E-state index in [4.69, 9.17) is 9.63 Å². The van der Waals surface area contributed by atoms with Gasteiger partial charge < -0.3 is 14.5 Å². The second kappa shape index (κ2) is 5.27. The number of aromatic nitrogens is 2. The highest BCUT2D eigenvalue weighted by Crippen LogP contribution is 2.26. The van der Waals surface area contributed by atoms with Crippen molar-refractivity contribution in [1.29, 1.82) is 0 Å². The molecule has 0 atom stereocenters. The van der Waals surface area contributed by atoms with Crippen LogP contribution in [0.5, 0.6) is 0 Å². The average Bonchev–Trinajstić information content (AvgIpc) is 2.77. The summed E-state index contributed by atoms with van der Waals surface area (Å²) in [5, 5.41) is 12.3. The SMILES string of the molecule is CCN1CCC(c2nc(CC(=O)O)no2)CC1. The number of hydrogen-bond acceptors (Lipinski definition) is 5. The Balaban J connectivity index is 1.94. The van der Waals surface area contributed by atoms with Crippen LogP contribution < -0.4 is 0 Å². The van der Waals surface area contributed by atoms with Crippen LogP contribution in [0.3, 0.4) is 0 Å². The van der Waals surface area contributed by atoms with Crippen LogP contribution in [0, 0.1) is 0 Å². The fourth-order valence-corrected chi connectivity index (χ4v) is 2.14. The van der Waals surface area contributed by atoms with Gasteiger partial charge in [-0.25, -0.2) is 0 Å². The van der Waals surface area contributed by atoms with Gasteiger partial charge in [0.1, 0.15) is 6.42 Å². The van der Waals surface area contributed by atoms with E-state index in [1.165, 1.54) is 0 Å². The molecule has 1 aliphatic heterocycles. The number of carboxylic acids is 1. The van der Waals surface area contributed by atoms with Gasteiger partial charge in [0, 0.05) is 5.92 Å². The fourth-order valence-electron chi connectivity index (χ4n) is 2.14. The third-order valence-corrected chi connectivity index (χ3v) is 3.18. The molecule has 1 aromatic heterocycles. The molecular formula is C11H17N3O3. The lowest BCUT2D eigenvalue weighted by atomic mass is 9.97. The highest BCUT2D eigenvalue weighted by Gasteiger charge is 2.24. The lowest BCUT2D eigenvalue weighted by molar-refractivity contribution is -0.136. The minimum atomic E-state index is -0.932. The van der Waals surface area contributed by atoms with E-state index in [1.807, 2.05) is 0 Å². The van der Waals surface area contributed by atoms with E-state index in [-0.39, 0.29) is 18.2 Å². The number of hydrogen-bond donors (Lipinski definition) is 1. The van der Waals surface area contributed by atoms with E-state index in [2.05, 4.69) is 22.0 Å². The predicted octanol–water partition coefficient (Wildman–Crippen LogP) is 0.896. The van der Waals surface area contributed by atoms with Crippen molar-refractivity contribution in [3.63, 3.8) is 0 Å². The van der Waals surface area contributed by atoms with Gasteiger partial charge in [0.2, 0.25) is 5.89 Å². The molecule has 0 unspecified atom stereocenters. The Morgan fingerprint density at radius 3 is 2.82 bits per heavy atom. The smallest absolute Gasteiger partial charge is 0.311 e. The molecule has 0 aliphatic carbocycles. The van der Waals surface area contributed by atoms with Crippen LogP contribution in [0.2, 0.25) is 0 Å². The largest absolute Gasteiger partial charge is 0.481 e. The van der Waals surface area contributed by atoms with Gasteiger partial charge in [0.25, 0.3) is 0 Å². The topological polar surface area (TPSA) is 79.5 Å². The highest BCUT2D eigenvalue weighted by atomic mass is 16.5. The summed E-state index contributed by atoms with van der Waals surface area (Å²) in [5.41, 5.74) is 0. The summed E-state index contributed by atoms with van der Waals surface area (Å²) in [4.78, 5) is 17.0. The summed E-state index contributed by atoms with van der Waals surface area (Å²) < 4.78 is 5.13. The fraction of sp³-hybridized carbons (Fsp3) is 0.727. The van der Waals surface area contributed by atoms with E-state index >= 15 is 0 Å². The molecule has 0 saturated carbocycles. The molecule has 2 rings (SSSR count). The van der Waals surface area contributed by atoms with Crippen LogP contribution in [-0.4, -0.2) is 45.8 Å². The minimum absolute atomic E-state index is 0.169. The molecule has 94 valence electrons. The normalized spacial score (nSPS) is 18.4. The molecular weight excluding hydrogens is 222 g/mol. The summed E-state index contributed by atoms with van der Waals surface area (Å²) in [6, 6.07) is 0. The van der Waals surface area contributed by atoms with Crippen molar-refractivity contribution in [2.45, 2.75) is 32.1 Å². The van der Waals surface area contributed by atoms with Gasteiger partial charge in [-0.1, -0.05) is 12.1 Å². The maximum Gasteiger partial charge on any atom is 0.311 e. The average molecular weight is 239 g/mol. The van der Waals surface area contributed by atoms with Gasteiger partial charge >= 0.3 is 5.97 Å². The third kappa shape index (κ3) is 3.03. The quantitative estimate of drug-likeness (QED) is 0.840. The molecule has 17 heavy (non-hydrogen) atoms. The maximum absolute atomic E-state index is 10.5. The van der Waals surface area contributed by atoms with E-state index < -0.39 is 5.97 Å². The highest BCUT2D eigenvalue weighted by molar-refractivity contribution is 5.68. The Kier molecular flexibility index (Phi) is 3.73. The monoisotopic (exact) mass is 239 g/mol. The Hall–Kier alpha value is -1.43. The number of carboxylic acid groups (broad SMARTS) is 1. The van der Waals surface area contributed by atoms with Gasteiger partial charge in [0.05, 0.1) is 0 Å². The van der Waals surface area contributed by atoms with E-state index in [9.17, 15) is 4.79 Å². The summed E-state index contributed by atoms with van der Waals surface area (Å²) in [6.07, 6.45) is 1.84. The van der Waals surface area contributed by atoms with Gasteiger partial charge in [-0.2, -0.15) is 4.98 Å². The molecule has 2 heterocycles. The first kappa shape index (κ1) is 12.0. The van der Waals surface area contributed by atoms with Crippen molar-refractivity contribution in [3.8, 4) is 0 Å². The van der Waals surface area contributed by atoms with E-state index in [1.54, 1.807) is 0 Å². The zero-order valence-corrected chi connectivity index (χ0v) is 9.93. The molecule has 1 N–H and O–H groups in total. The molecule has 0 amide bonds. The Bertz CT molecular complexity index is 383. The molecule has 0 aromatic carbocycles. The van der Waals surface area contributed by atoms with Crippen molar-refractivity contribution in [2.24, 2.45) is 0 Å². The van der Waals surface area contributed by atoms with Crippen molar-refractivity contribution in [1.82, 2.24) is 15.0 Å². The Morgan fingerprint density at radius 1 is 1.53 bits per heavy atom. The van der Waals surface area contributed by atoms with Gasteiger partial charge in [-0.05, 0) is 32.5 Å². The Morgan fingerprint density at radius 2 is 2.24 bits per heavy atom. The predicted molar refractivity (Wildman–Crippen MR) is 59.7 cm³/mol. The molecule has 6 heteroatoms. The molecule has 1 aliphatic rings. The number of piperidine rings is 1. The van der Waals surface area contributed by atoms with Crippen LogP contribution in [0.4, 0.5) is 0 Å². The maximum atomic E-state index is 10.5. The molecule has 1 aromatic rings. The second-order valence-electron chi connectivity index (χ2n) is 4.33. The molecule has 0 bridgehead atoms. The van der Waals surface area contributed by atoms with Gasteiger partial charge in [0.15, 0.2) is 5.82 Å². The third-order valence-electron chi connectivity index (χ3n) is 3.18. The number of carbonyl (C=O) groups is 1. The zero-order valence-electron chi connectivity index (χ0n) is 9.93. The Labute approximate surface area is 99.6 Å². The molecule has 0 radical (unpaired) electrons. The van der Waals surface area contributed by atoms with Crippen molar-refractivity contribution in [3.05, 3.63) is 11.7 Å². The number of nitrogens with zero attached hydrogens (tertiary/aromatic N) is 3. The van der Waals surface area contributed by atoms with Gasteiger partial charge in [-0.3, -0.25) is 4.79 Å². The number of aliphatic carboxylic acids is 1. The standard InChI is InChI=1S/C11H17N3O3/c1-2-14-5-3-8(4-6-14)11-12-9(13-17-11)7-10(15)16/h8H,2-7H2,1H3,(H,15,16). The van der Waals surface area contributed by atoms with Crippen LogP contribution in [-0.2, 0) is 11.2 Å². The first-order valence-corrected chi connectivity index (χ1v) is 5.95. The van der Waals surface area contributed by atoms with Crippen molar-refractivity contribution >= 4 is 5.97 Å². The van der Waals surface area contributed by atoms with Crippen molar-refractivity contribution in [2.75, 3.05) is 19.6 Å². The lowest BCUT2D eigenvalue weighted by Crippen LogP contribution is -2.32. The number of rotatable bonds is 4. The van der Waals surface area contributed by atoms with E-state index in [0.717, 1.165) is 32.5 Å². The van der Waals surface area contributed by atoms with Crippen LogP contribution in [0.1, 0.15) is 37.4 Å². The summed E-state index contributed by atoms with van der Waals surface area (Å²) >= 11 is 0. The summed E-state index contributed by atoms with van der Waals surface area (Å²) in [7, 11) is 0. The zero-order chi connectivity index (χ0) is 12.3. The first-order chi connectivity index (χ1) is 8.19. The molecule has 6 nitrogen and oxygen atoms in total. The number of likely N-dealkylation sites (tertiary alicyclic amines) is 1. The van der Waals surface area contributed by atoms with E-state index in [0.29, 0.717) is 5.89 Å². The molecule has 0 spiro atoms. The van der Waals surface area contributed by atoms with Gasteiger partial charge in [-0.15, -0.1) is 0 Å². The van der Waals surface area contributed by atoms with Crippen LogP contribution in [0.25, 0.3) is 0 Å². The van der Waals surface area contributed by atoms with Crippen molar-refractivity contribution < 1.29 is 14.4 Å². The minimum Gasteiger partial charge on any atom is -0.481 e. The van der Waals surface area contributed by atoms with Crippen LogP contribution >= 0.6 is 0 Å². The lowest BCUT2D eigenvalue weighted by Gasteiger charge is -2.28. The first-order valence-electron chi connectivity index (χ1n) is 5.95.